The molecule has 3 rings (SSSR count). The molecule has 31 heavy (non-hydrogen) atoms. The molecule has 1 fully saturated rings. The second kappa shape index (κ2) is 9.86. The second-order valence-electron chi connectivity index (χ2n) is 8.24. The summed E-state index contributed by atoms with van der Waals surface area (Å²) in [5, 5.41) is 2.89. The molecule has 2 heterocycles. The number of nitrogens with zero attached hydrogens (tertiary/aromatic N) is 2. The fourth-order valence-corrected chi connectivity index (χ4v) is 4.80. The van der Waals surface area contributed by atoms with Gasteiger partial charge in [-0.1, -0.05) is 13.8 Å². The van der Waals surface area contributed by atoms with E-state index >= 15 is 0 Å². The number of fused-ring (bicyclic) bond motifs is 1. The van der Waals surface area contributed by atoms with Gasteiger partial charge in [0, 0.05) is 44.6 Å². The van der Waals surface area contributed by atoms with E-state index in [1.807, 2.05) is 18.7 Å². The minimum Gasteiger partial charge on any atom is -0.490 e. The summed E-state index contributed by atoms with van der Waals surface area (Å²) in [5.74, 6) is 0.605. The smallest absolute Gasteiger partial charge is 0.243 e. The molecule has 9 nitrogen and oxygen atoms in total. The average Bonchev–Trinajstić information content (AvgIpc) is 2.98. The van der Waals surface area contributed by atoms with E-state index in [-0.39, 0.29) is 35.2 Å². The maximum Gasteiger partial charge on any atom is 0.243 e. The molecule has 0 aromatic heterocycles. The van der Waals surface area contributed by atoms with E-state index in [2.05, 4.69) is 5.32 Å². The number of hydrogen-bond donors (Lipinski definition) is 1. The molecular weight excluding hydrogens is 422 g/mol. The van der Waals surface area contributed by atoms with Gasteiger partial charge < -0.3 is 19.7 Å². The van der Waals surface area contributed by atoms with Crippen molar-refractivity contribution in [2.45, 2.75) is 44.0 Å². The van der Waals surface area contributed by atoms with Crippen LogP contribution in [0, 0.1) is 5.92 Å². The monoisotopic (exact) mass is 453 g/mol. The van der Waals surface area contributed by atoms with Gasteiger partial charge in [0.25, 0.3) is 0 Å². The number of hydrogen-bond acceptors (Lipinski definition) is 6. The molecule has 2 aliphatic rings. The molecule has 0 spiro atoms. The highest BCUT2D eigenvalue weighted by molar-refractivity contribution is 7.89. The Morgan fingerprint density at radius 1 is 1.16 bits per heavy atom. The third-order valence-electron chi connectivity index (χ3n) is 5.46. The molecule has 0 radical (unpaired) electrons. The SMILES string of the molecule is CC(C)C(=O)N1CCC(NC(=O)CN(C)S(=O)(=O)c2ccc3c(c2)OCCCO3)CC1. The maximum absolute atomic E-state index is 12.9. The lowest BCUT2D eigenvalue weighted by Crippen LogP contribution is -2.49. The Kier molecular flexibility index (Phi) is 7.42. The molecule has 1 aromatic rings. The van der Waals surface area contributed by atoms with Crippen LogP contribution < -0.4 is 14.8 Å². The van der Waals surface area contributed by atoms with E-state index in [0.29, 0.717) is 50.6 Å². The largest absolute Gasteiger partial charge is 0.490 e. The number of rotatable bonds is 6. The van der Waals surface area contributed by atoms with Crippen LogP contribution in [0.1, 0.15) is 33.1 Å². The molecule has 1 aromatic carbocycles. The van der Waals surface area contributed by atoms with Crippen LogP contribution in [0.2, 0.25) is 0 Å². The molecule has 172 valence electrons. The third kappa shape index (κ3) is 5.68. The van der Waals surface area contributed by atoms with Crippen molar-refractivity contribution in [3.8, 4) is 11.5 Å². The zero-order chi connectivity index (χ0) is 22.6. The van der Waals surface area contributed by atoms with Crippen molar-refractivity contribution in [2.75, 3.05) is 39.9 Å². The molecule has 10 heteroatoms. The lowest BCUT2D eigenvalue weighted by molar-refractivity contribution is -0.135. The van der Waals surface area contributed by atoms with Crippen molar-refractivity contribution in [3.05, 3.63) is 18.2 Å². The van der Waals surface area contributed by atoms with Crippen LogP contribution in [0.5, 0.6) is 11.5 Å². The molecule has 0 unspecified atom stereocenters. The van der Waals surface area contributed by atoms with Crippen molar-refractivity contribution in [1.29, 1.82) is 0 Å². The van der Waals surface area contributed by atoms with Crippen LogP contribution in [0.4, 0.5) is 0 Å². The molecule has 0 bridgehead atoms. The van der Waals surface area contributed by atoms with Gasteiger partial charge in [0.05, 0.1) is 24.7 Å². The topological polar surface area (TPSA) is 105 Å². The molecule has 0 aliphatic carbocycles. The number of piperidine rings is 1. The summed E-state index contributed by atoms with van der Waals surface area (Å²) in [5.41, 5.74) is 0. The van der Waals surface area contributed by atoms with Crippen LogP contribution >= 0.6 is 0 Å². The van der Waals surface area contributed by atoms with Crippen LogP contribution in [-0.4, -0.2) is 75.4 Å². The van der Waals surface area contributed by atoms with Crippen molar-refractivity contribution in [1.82, 2.24) is 14.5 Å². The summed E-state index contributed by atoms with van der Waals surface area (Å²) in [7, 11) is -2.49. The fourth-order valence-electron chi connectivity index (χ4n) is 3.65. The van der Waals surface area contributed by atoms with Gasteiger partial charge in [-0.15, -0.1) is 0 Å². The normalized spacial score (nSPS) is 17.5. The first-order valence-corrected chi connectivity index (χ1v) is 12.1. The van der Waals surface area contributed by atoms with Gasteiger partial charge in [0.2, 0.25) is 21.8 Å². The number of sulfonamides is 1. The van der Waals surface area contributed by atoms with Crippen molar-refractivity contribution >= 4 is 21.8 Å². The highest BCUT2D eigenvalue weighted by atomic mass is 32.2. The Morgan fingerprint density at radius 3 is 2.45 bits per heavy atom. The third-order valence-corrected chi connectivity index (χ3v) is 7.26. The number of likely N-dealkylation sites (N-methyl/N-ethyl adjacent to an activating group) is 1. The lowest BCUT2D eigenvalue weighted by atomic mass is 10.0. The van der Waals surface area contributed by atoms with Crippen molar-refractivity contribution in [3.63, 3.8) is 0 Å². The Labute approximate surface area is 183 Å². The highest BCUT2D eigenvalue weighted by Gasteiger charge is 2.28. The van der Waals surface area contributed by atoms with E-state index < -0.39 is 10.0 Å². The van der Waals surface area contributed by atoms with Gasteiger partial charge >= 0.3 is 0 Å². The number of likely N-dealkylation sites (tertiary alicyclic amines) is 1. The maximum atomic E-state index is 12.9. The van der Waals surface area contributed by atoms with E-state index in [0.717, 1.165) is 10.7 Å². The van der Waals surface area contributed by atoms with E-state index in [4.69, 9.17) is 9.47 Å². The van der Waals surface area contributed by atoms with E-state index in [1.165, 1.54) is 19.2 Å². The Morgan fingerprint density at radius 2 is 1.81 bits per heavy atom. The number of nitrogens with one attached hydrogen (secondary N) is 1. The van der Waals surface area contributed by atoms with Gasteiger partial charge in [-0.3, -0.25) is 9.59 Å². The molecular formula is C21H31N3O6S. The zero-order valence-electron chi connectivity index (χ0n) is 18.3. The predicted molar refractivity (Wildman–Crippen MR) is 114 cm³/mol. The summed E-state index contributed by atoms with van der Waals surface area (Å²) in [6.45, 7) is 5.61. The number of carbonyl (C=O) groups excluding carboxylic acids is 2. The van der Waals surface area contributed by atoms with Crippen LogP contribution in [0.25, 0.3) is 0 Å². The van der Waals surface area contributed by atoms with Gasteiger partial charge in [-0.25, -0.2) is 8.42 Å². The average molecular weight is 454 g/mol. The summed E-state index contributed by atoms with van der Waals surface area (Å²) >= 11 is 0. The van der Waals surface area contributed by atoms with Crippen molar-refractivity contribution in [2.24, 2.45) is 5.92 Å². The van der Waals surface area contributed by atoms with Crippen LogP contribution in [-0.2, 0) is 19.6 Å². The molecule has 0 saturated carbocycles. The molecule has 1 N–H and O–H groups in total. The quantitative estimate of drug-likeness (QED) is 0.695. The van der Waals surface area contributed by atoms with Gasteiger partial charge in [0.1, 0.15) is 0 Å². The summed E-state index contributed by atoms with van der Waals surface area (Å²) < 4.78 is 38.0. The van der Waals surface area contributed by atoms with E-state index in [9.17, 15) is 18.0 Å². The number of ether oxygens (including phenoxy) is 2. The first-order valence-electron chi connectivity index (χ1n) is 10.6. The summed E-state index contributed by atoms with van der Waals surface area (Å²) in [6.07, 6.45) is 2.03. The molecule has 0 atom stereocenters. The number of amides is 2. The predicted octanol–water partition coefficient (Wildman–Crippen LogP) is 1.23. The summed E-state index contributed by atoms with van der Waals surface area (Å²) in [4.78, 5) is 26.4. The van der Waals surface area contributed by atoms with Gasteiger partial charge in [-0.2, -0.15) is 4.31 Å². The van der Waals surface area contributed by atoms with Gasteiger partial charge in [0.15, 0.2) is 11.5 Å². The standard InChI is InChI=1S/C21H31N3O6S/c1-15(2)21(26)24-9-7-16(8-10-24)22-20(25)14-23(3)31(27,28)17-5-6-18-19(13-17)30-12-4-11-29-18/h5-6,13,15-16H,4,7-12,14H2,1-3H3,(H,22,25). The fraction of sp³-hybridized carbons (Fsp3) is 0.619. The first-order chi connectivity index (χ1) is 14.7. The Balaban J connectivity index is 1.56. The van der Waals surface area contributed by atoms with Gasteiger partial charge in [-0.05, 0) is 25.0 Å². The van der Waals surface area contributed by atoms with E-state index in [1.54, 1.807) is 6.07 Å². The number of benzene rings is 1. The minimum absolute atomic E-state index is 0.0464. The molecule has 2 amide bonds. The zero-order valence-corrected chi connectivity index (χ0v) is 19.1. The van der Waals surface area contributed by atoms with Crippen LogP contribution in [0.3, 0.4) is 0 Å². The first kappa shape index (κ1) is 23.3. The second-order valence-corrected chi connectivity index (χ2v) is 10.3. The Hall–Kier alpha value is -2.33. The van der Waals surface area contributed by atoms with Crippen molar-refractivity contribution < 1.29 is 27.5 Å². The highest BCUT2D eigenvalue weighted by Crippen LogP contribution is 2.32. The Bertz CT molecular complexity index is 910. The molecule has 2 aliphatic heterocycles. The molecule has 1 saturated heterocycles. The summed E-state index contributed by atoms with van der Waals surface area (Å²) in [6, 6.07) is 4.40. The number of carbonyl (C=O) groups is 2. The minimum atomic E-state index is -3.87. The lowest BCUT2D eigenvalue weighted by Gasteiger charge is -2.33. The van der Waals surface area contributed by atoms with Crippen LogP contribution in [0.15, 0.2) is 23.1 Å².